The Kier molecular flexibility index (Phi) is 5.07. The number of rotatable bonds is 5. The molecule has 0 spiro atoms. The number of hydrogen-bond donors (Lipinski definition) is 1. The Bertz CT molecular complexity index is 600. The van der Waals surface area contributed by atoms with Gasteiger partial charge in [-0.15, -0.1) is 0 Å². The van der Waals surface area contributed by atoms with Crippen LogP contribution in [0.5, 0.6) is 5.75 Å². The third-order valence-electron chi connectivity index (χ3n) is 3.26. The van der Waals surface area contributed by atoms with Crippen LogP contribution in [0.2, 0.25) is 5.15 Å². The molecule has 1 aromatic carbocycles. The smallest absolute Gasteiger partial charge is 0.147 e. The van der Waals surface area contributed by atoms with Crippen LogP contribution < -0.4 is 10.1 Å². The predicted molar refractivity (Wildman–Crippen MR) is 84.2 cm³/mol. The minimum Gasteiger partial charge on any atom is -0.485 e. The van der Waals surface area contributed by atoms with Crippen LogP contribution >= 0.6 is 27.5 Å². The number of hydrogen-bond acceptors (Lipinski definition) is 3. The zero-order valence-electron chi connectivity index (χ0n) is 11.7. The van der Waals surface area contributed by atoms with Gasteiger partial charge in [0, 0.05) is 23.1 Å². The van der Waals surface area contributed by atoms with Gasteiger partial charge in [0.2, 0.25) is 0 Å². The summed E-state index contributed by atoms with van der Waals surface area (Å²) in [5.41, 5.74) is 1.10. The second kappa shape index (κ2) is 6.61. The van der Waals surface area contributed by atoms with Crippen LogP contribution in [0.1, 0.15) is 24.4 Å². The van der Waals surface area contributed by atoms with E-state index in [0.717, 1.165) is 21.6 Å². The molecule has 2 aromatic rings. The molecule has 0 amide bonds. The molecule has 1 atom stereocenters. The fourth-order valence-electron chi connectivity index (χ4n) is 1.85. The molecule has 2 rings (SSSR count). The van der Waals surface area contributed by atoms with Crippen LogP contribution in [0.3, 0.4) is 0 Å². The summed E-state index contributed by atoms with van der Waals surface area (Å²) in [7, 11) is 3.79. The average molecular weight is 359 g/mol. The summed E-state index contributed by atoms with van der Waals surface area (Å²) in [6, 6.07) is 6.18. The van der Waals surface area contributed by atoms with Crippen molar-refractivity contribution in [1.82, 2.24) is 14.9 Å². The van der Waals surface area contributed by atoms with Crippen LogP contribution in [0.25, 0.3) is 0 Å². The molecule has 1 unspecified atom stereocenters. The van der Waals surface area contributed by atoms with Crippen molar-refractivity contribution in [3.8, 4) is 5.75 Å². The highest BCUT2D eigenvalue weighted by Gasteiger charge is 2.12. The van der Waals surface area contributed by atoms with Crippen molar-refractivity contribution < 1.29 is 4.74 Å². The van der Waals surface area contributed by atoms with E-state index < -0.39 is 0 Å². The van der Waals surface area contributed by atoms with Crippen molar-refractivity contribution in [3.05, 3.63) is 45.4 Å². The Labute approximate surface area is 132 Å². The molecule has 6 heteroatoms. The van der Waals surface area contributed by atoms with Crippen LogP contribution in [-0.2, 0) is 13.7 Å². The average Bonchev–Trinajstić information content (AvgIpc) is 2.76. The highest BCUT2D eigenvalue weighted by molar-refractivity contribution is 9.10. The van der Waals surface area contributed by atoms with Gasteiger partial charge in [0.05, 0.1) is 6.20 Å². The van der Waals surface area contributed by atoms with Gasteiger partial charge < -0.3 is 14.6 Å². The third-order valence-corrected chi connectivity index (χ3v) is 4.10. The topological polar surface area (TPSA) is 39.1 Å². The van der Waals surface area contributed by atoms with Gasteiger partial charge in [0.25, 0.3) is 0 Å². The van der Waals surface area contributed by atoms with Gasteiger partial charge in [-0.3, -0.25) is 0 Å². The molecule has 1 N–H and O–H groups in total. The summed E-state index contributed by atoms with van der Waals surface area (Å²) >= 11 is 9.45. The molecule has 0 saturated carbocycles. The van der Waals surface area contributed by atoms with Crippen molar-refractivity contribution in [2.24, 2.45) is 7.05 Å². The van der Waals surface area contributed by atoms with Crippen molar-refractivity contribution in [1.29, 1.82) is 0 Å². The summed E-state index contributed by atoms with van der Waals surface area (Å²) < 4.78 is 8.73. The van der Waals surface area contributed by atoms with Crippen LogP contribution in [0.4, 0.5) is 0 Å². The number of nitrogens with zero attached hydrogens (tertiary/aromatic N) is 2. The molecule has 0 bridgehead atoms. The van der Waals surface area contributed by atoms with Crippen LogP contribution in [0.15, 0.2) is 28.9 Å². The molecule has 1 aromatic heterocycles. The van der Waals surface area contributed by atoms with Crippen LogP contribution in [0, 0.1) is 0 Å². The Morgan fingerprint density at radius 3 is 2.85 bits per heavy atom. The van der Waals surface area contributed by atoms with Gasteiger partial charge in [-0.2, -0.15) is 0 Å². The molecular weight excluding hydrogens is 342 g/mol. The molecule has 0 saturated heterocycles. The Morgan fingerprint density at radius 2 is 2.25 bits per heavy atom. The molecule has 4 nitrogen and oxygen atoms in total. The maximum absolute atomic E-state index is 5.96. The van der Waals surface area contributed by atoms with Crippen molar-refractivity contribution in [2.45, 2.75) is 19.6 Å². The minimum atomic E-state index is 0.201. The number of nitrogens with one attached hydrogen (secondary N) is 1. The molecule has 0 radical (unpaired) electrons. The fourth-order valence-corrected chi connectivity index (χ4v) is 2.37. The van der Waals surface area contributed by atoms with Crippen molar-refractivity contribution in [3.63, 3.8) is 0 Å². The lowest BCUT2D eigenvalue weighted by atomic mass is 10.1. The SMILES string of the molecule is CNC(C)c1cc(Br)ccc1OCc1ncc(Cl)n1C. The summed E-state index contributed by atoms with van der Waals surface area (Å²) in [5, 5.41) is 3.82. The lowest BCUT2D eigenvalue weighted by Gasteiger charge is -2.17. The van der Waals surface area contributed by atoms with Gasteiger partial charge >= 0.3 is 0 Å². The molecule has 0 fully saturated rings. The quantitative estimate of drug-likeness (QED) is 0.886. The number of aromatic nitrogens is 2. The van der Waals surface area contributed by atoms with E-state index in [-0.39, 0.29) is 6.04 Å². The lowest BCUT2D eigenvalue weighted by molar-refractivity contribution is 0.286. The molecule has 108 valence electrons. The van der Waals surface area contributed by atoms with Gasteiger partial charge in [0.1, 0.15) is 23.3 Å². The number of halogens is 2. The van der Waals surface area contributed by atoms with Crippen LogP contribution in [-0.4, -0.2) is 16.6 Å². The van der Waals surface area contributed by atoms with Gasteiger partial charge in [-0.25, -0.2) is 4.98 Å². The zero-order chi connectivity index (χ0) is 14.7. The number of benzene rings is 1. The van der Waals surface area contributed by atoms with Gasteiger partial charge in [-0.05, 0) is 32.2 Å². The molecule has 0 aliphatic rings. The van der Waals surface area contributed by atoms with E-state index in [2.05, 4.69) is 39.2 Å². The lowest BCUT2D eigenvalue weighted by Crippen LogP contribution is -2.14. The summed E-state index contributed by atoms with van der Waals surface area (Å²) in [5.74, 6) is 1.63. The molecule has 0 aliphatic heterocycles. The highest BCUT2D eigenvalue weighted by Crippen LogP contribution is 2.29. The Hall–Kier alpha value is -1.04. The summed E-state index contributed by atoms with van der Waals surface area (Å²) in [4.78, 5) is 4.22. The van der Waals surface area contributed by atoms with E-state index in [1.54, 1.807) is 6.20 Å². The van der Waals surface area contributed by atoms with E-state index in [0.29, 0.717) is 11.8 Å². The Balaban J connectivity index is 2.19. The monoisotopic (exact) mass is 357 g/mol. The first-order valence-corrected chi connectivity index (χ1v) is 7.45. The summed E-state index contributed by atoms with van der Waals surface area (Å²) in [6.45, 7) is 2.47. The predicted octanol–water partition coefficient (Wildman–Crippen LogP) is 3.70. The molecule has 20 heavy (non-hydrogen) atoms. The standard InChI is InChI=1S/C14H17BrClN3O/c1-9(17-2)11-6-10(15)4-5-12(11)20-8-14-18-7-13(16)19(14)3/h4-7,9,17H,8H2,1-3H3. The van der Waals surface area contributed by atoms with E-state index in [1.165, 1.54) is 0 Å². The largest absolute Gasteiger partial charge is 0.485 e. The van der Waals surface area contributed by atoms with Gasteiger partial charge in [0.15, 0.2) is 0 Å². The van der Waals surface area contributed by atoms with Gasteiger partial charge in [-0.1, -0.05) is 27.5 Å². The maximum atomic E-state index is 5.96. The first-order chi connectivity index (χ1) is 9.52. The molecule has 1 heterocycles. The minimum absolute atomic E-state index is 0.201. The Morgan fingerprint density at radius 1 is 1.50 bits per heavy atom. The first-order valence-electron chi connectivity index (χ1n) is 6.28. The normalized spacial score (nSPS) is 12.4. The highest BCUT2D eigenvalue weighted by atomic mass is 79.9. The van der Waals surface area contributed by atoms with E-state index in [9.17, 15) is 0 Å². The molecule has 0 aliphatic carbocycles. The maximum Gasteiger partial charge on any atom is 0.147 e. The third kappa shape index (κ3) is 3.34. The van der Waals surface area contributed by atoms with E-state index >= 15 is 0 Å². The van der Waals surface area contributed by atoms with E-state index in [1.807, 2.05) is 30.8 Å². The number of imidazole rings is 1. The second-order valence-electron chi connectivity index (χ2n) is 4.54. The summed E-state index contributed by atoms with van der Waals surface area (Å²) in [6.07, 6.45) is 1.62. The number of ether oxygens (including phenoxy) is 1. The van der Waals surface area contributed by atoms with Crippen molar-refractivity contribution >= 4 is 27.5 Å². The zero-order valence-corrected chi connectivity index (χ0v) is 14.0. The molecular formula is C14H17BrClN3O. The second-order valence-corrected chi connectivity index (χ2v) is 5.84. The first kappa shape index (κ1) is 15.4. The van der Waals surface area contributed by atoms with Crippen molar-refractivity contribution in [2.75, 3.05) is 7.05 Å². The van der Waals surface area contributed by atoms with E-state index in [4.69, 9.17) is 16.3 Å². The fraction of sp³-hybridized carbons (Fsp3) is 0.357.